The van der Waals surface area contributed by atoms with Crippen molar-refractivity contribution in [3.63, 3.8) is 0 Å². The third-order valence-electron chi connectivity index (χ3n) is 2.62. The molecule has 0 saturated carbocycles. The fraction of sp³-hybridized carbons (Fsp3) is 0.636. The molecule has 2 aromatic heterocycles. The summed E-state index contributed by atoms with van der Waals surface area (Å²) in [6.45, 7) is 1.27. The van der Waals surface area contributed by atoms with E-state index in [1.807, 2.05) is 18.7 Å². The van der Waals surface area contributed by atoms with Crippen molar-refractivity contribution in [2.75, 3.05) is 20.8 Å². The minimum absolute atomic E-state index is 0. The lowest BCUT2D eigenvalue weighted by molar-refractivity contribution is 0.199. The summed E-state index contributed by atoms with van der Waals surface area (Å²) < 4.78 is 12.1. The molecule has 0 fully saturated rings. The maximum atomic E-state index is 5.17. The normalized spacial score (nSPS) is 10.6. The van der Waals surface area contributed by atoms with E-state index in [4.69, 9.17) is 9.26 Å². The molecule has 2 aromatic rings. The summed E-state index contributed by atoms with van der Waals surface area (Å²) in [6, 6.07) is 0. The lowest BCUT2D eigenvalue weighted by Gasteiger charge is -2.01. The van der Waals surface area contributed by atoms with Gasteiger partial charge >= 0.3 is 0 Å². The highest BCUT2D eigenvalue weighted by Crippen LogP contribution is 2.20. The van der Waals surface area contributed by atoms with Crippen LogP contribution < -0.4 is 5.32 Å². The molecule has 0 aliphatic rings. The van der Waals surface area contributed by atoms with Crippen LogP contribution in [-0.4, -0.2) is 45.7 Å². The van der Waals surface area contributed by atoms with Crippen LogP contribution in [-0.2, 0) is 30.5 Å². The Kier molecular flexibility index (Phi) is 7.65. The molecule has 21 heavy (non-hydrogen) atoms. The van der Waals surface area contributed by atoms with Gasteiger partial charge in [-0.05, 0) is 7.05 Å². The van der Waals surface area contributed by atoms with Gasteiger partial charge in [0.05, 0.1) is 18.9 Å². The fourth-order valence-corrected chi connectivity index (χ4v) is 2.32. The minimum Gasteiger partial charge on any atom is -0.384 e. The molecule has 0 saturated heterocycles. The number of nitrogens with zero attached hydrogens (tertiary/aromatic N) is 5. The van der Waals surface area contributed by atoms with Crippen molar-refractivity contribution in [2.24, 2.45) is 7.05 Å². The average Bonchev–Trinajstić information content (AvgIpc) is 3.03. The summed E-state index contributed by atoms with van der Waals surface area (Å²) >= 11 is 1.52. The number of thioether (sulfide) groups is 1. The third-order valence-corrected chi connectivity index (χ3v) is 3.63. The molecule has 2 rings (SSSR count). The molecule has 0 aliphatic carbocycles. The summed E-state index contributed by atoms with van der Waals surface area (Å²) in [5.74, 6) is 2.71. The molecule has 0 bridgehead atoms. The number of hydrogen-bond acceptors (Lipinski definition) is 8. The molecular formula is C11H19ClN6O2S. The first kappa shape index (κ1) is 17.9. The fourth-order valence-electron chi connectivity index (χ4n) is 1.55. The maximum Gasteiger partial charge on any atom is 0.237 e. The van der Waals surface area contributed by atoms with E-state index < -0.39 is 0 Å². The molecule has 10 heteroatoms. The number of halogens is 1. The number of nitrogens with one attached hydrogen (secondary N) is 1. The number of ether oxygens (including phenoxy) is 1. The Morgan fingerprint density at radius 2 is 2.19 bits per heavy atom. The number of aromatic nitrogens is 5. The monoisotopic (exact) mass is 334 g/mol. The van der Waals surface area contributed by atoms with Crippen molar-refractivity contribution in [1.29, 1.82) is 0 Å². The van der Waals surface area contributed by atoms with Crippen LogP contribution in [0.2, 0.25) is 0 Å². The third kappa shape index (κ3) is 4.95. The zero-order chi connectivity index (χ0) is 14.4. The van der Waals surface area contributed by atoms with Gasteiger partial charge in [0.1, 0.15) is 5.82 Å². The van der Waals surface area contributed by atoms with Crippen molar-refractivity contribution in [2.45, 2.75) is 23.9 Å². The van der Waals surface area contributed by atoms with Crippen LogP contribution in [0.15, 0.2) is 9.68 Å². The summed E-state index contributed by atoms with van der Waals surface area (Å²) in [6.07, 6.45) is 0.654. The first-order valence-corrected chi connectivity index (χ1v) is 7.19. The van der Waals surface area contributed by atoms with Crippen LogP contribution in [0, 0.1) is 0 Å². The van der Waals surface area contributed by atoms with Gasteiger partial charge in [-0.1, -0.05) is 16.9 Å². The Hall–Kier alpha value is -1.16. The molecule has 0 aromatic carbocycles. The number of hydrogen-bond donors (Lipinski definition) is 1. The van der Waals surface area contributed by atoms with Crippen molar-refractivity contribution < 1.29 is 9.26 Å². The number of rotatable bonds is 8. The summed E-state index contributed by atoms with van der Waals surface area (Å²) in [5, 5.41) is 16.0. The van der Waals surface area contributed by atoms with E-state index in [9.17, 15) is 0 Å². The van der Waals surface area contributed by atoms with Gasteiger partial charge in [0.2, 0.25) is 5.89 Å². The van der Waals surface area contributed by atoms with Crippen LogP contribution in [0.4, 0.5) is 0 Å². The zero-order valence-corrected chi connectivity index (χ0v) is 13.8. The van der Waals surface area contributed by atoms with Crippen molar-refractivity contribution in [3.05, 3.63) is 17.5 Å². The number of methoxy groups -OCH3 is 1. The van der Waals surface area contributed by atoms with Crippen LogP contribution in [0.5, 0.6) is 0 Å². The van der Waals surface area contributed by atoms with Crippen LogP contribution in [0.1, 0.15) is 17.5 Å². The second kappa shape index (κ2) is 8.98. The molecule has 0 amide bonds. The van der Waals surface area contributed by atoms with E-state index in [1.54, 1.807) is 7.11 Å². The minimum atomic E-state index is 0. The van der Waals surface area contributed by atoms with Gasteiger partial charge in [0.15, 0.2) is 11.0 Å². The molecule has 2 heterocycles. The van der Waals surface area contributed by atoms with Crippen LogP contribution in [0.3, 0.4) is 0 Å². The standard InChI is InChI=1S/C11H18N6O2S.ClH/c1-12-6-9-14-15-11(17(9)2)20-7-10-13-8(16-19-10)4-5-18-3;/h12H,4-7H2,1-3H3;1H. The zero-order valence-electron chi connectivity index (χ0n) is 12.2. The molecule has 0 unspecified atom stereocenters. The summed E-state index contributed by atoms with van der Waals surface area (Å²) in [4.78, 5) is 4.29. The Bertz CT molecular complexity index is 547. The van der Waals surface area contributed by atoms with E-state index >= 15 is 0 Å². The van der Waals surface area contributed by atoms with E-state index in [-0.39, 0.29) is 12.4 Å². The van der Waals surface area contributed by atoms with Gasteiger partial charge in [-0.2, -0.15) is 4.98 Å². The predicted octanol–water partition coefficient (Wildman–Crippen LogP) is 0.820. The molecule has 118 valence electrons. The maximum absolute atomic E-state index is 5.17. The summed E-state index contributed by atoms with van der Waals surface area (Å²) in [7, 11) is 5.46. The highest BCUT2D eigenvalue weighted by atomic mass is 35.5. The van der Waals surface area contributed by atoms with Crippen LogP contribution in [0.25, 0.3) is 0 Å². The average molecular weight is 335 g/mol. The summed E-state index contributed by atoms with van der Waals surface area (Å²) in [5.41, 5.74) is 0. The molecule has 0 spiro atoms. The van der Waals surface area contributed by atoms with E-state index in [1.165, 1.54) is 11.8 Å². The Morgan fingerprint density at radius 3 is 2.90 bits per heavy atom. The molecule has 0 aliphatic heterocycles. The van der Waals surface area contributed by atoms with E-state index in [0.717, 1.165) is 11.0 Å². The quantitative estimate of drug-likeness (QED) is 0.709. The lowest BCUT2D eigenvalue weighted by atomic mass is 10.4. The van der Waals surface area contributed by atoms with Gasteiger partial charge in [-0.25, -0.2) is 0 Å². The van der Waals surface area contributed by atoms with Gasteiger partial charge in [-0.15, -0.1) is 22.6 Å². The first-order valence-electron chi connectivity index (χ1n) is 6.20. The molecule has 8 nitrogen and oxygen atoms in total. The van der Waals surface area contributed by atoms with E-state index in [0.29, 0.717) is 37.0 Å². The van der Waals surface area contributed by atoms with Gasteiger partial charge in [-0.3, -0.25) is 0 Å². The smallest absolute Gasteiger partial charge is 0.237 e. The molecule has 0 radical (unpaired) electrons. The second-order valence-corrected chi connectivity index (χ2v) is 5.07. The predicted molar refractivity (Wildman–Crippen MR) is 80.5 cm³/mol. The highest BCUT2D eigenvalue weighted by Gasteiger charge is 2.11. The van der Waals surface area contributed by atoms with Crippen molar-refractivity contribution in [3.8, 4) is 0 Å². The van der Waals surface area contributed by atoms with Crippen molar-refractivity contribution in [1.82, 2.24) is 30.2 Å². The molecular weight excluding hydrogens is 316 g/mol. The van der Waals surface area contributed by atoms with Crippen LogP contribution >= 0.6 is 24.2 Å². The lowest BCUT2D eigenvalue weighted by Crippen LogP contribution is -2.10. The Labute approximate surface area is 133 Å². The SMILES string of the molecule is CNCc1nnc(SCc2nc(CCOC)no2)n1C.Cl. The Balaban J connectivity index is 0.00000220. The van der Waals surface area contributed by atoms with Gasteiger partial charge in [0, 0.05) is 20.6 Å². The van der Waals surface area contributed by atoms with Gasteiger partial charge < -0.3 is 19.1 Å². The topological polar surface area (TPSA) is 90.9 Å². The first-order chi connectivity index (χ1) is 9.74. The largest absolute Gasteiger partial charge is 0.384 e. The molecule has 1 N–H and O–H groups in total. The second-order valence-electron chi connectivity index (χ2n) is 4.12. The van der Waals surface area contributed by atoms with E-state index in [2.05, 4.69) is 25.7 Å². The Morgan fingerprint density at radius 1 is 1.38 bits per heavy atom. The highest BCUT2D eigenvalue weighted by molar-refractivity contribution is 7.98. The van der Waals surface area contributed by atoms with Crippen molar-refractivity contribution >= 4 is 24.2 Å². The van der Waals surface area contributed by atoms with Gasteiger partial charge in [0.25, 0.3) is 0 Å². The molecule has 0 atom stereocenters.